The Balaban J connectivity index is 2.06. The molecule has 10 heteroatoms. The van der Waals surface area contributed by atoms with E-state index in [0.717, 1.165) is 16.3 Å². The highest BCUT2D eigenvalue weighted by Crippen LogP contribution is 2.31. The lowest BCUT2D eigenvalue weighted by Crippen LogP contribution is -2.23. The highest BCUT2D eigenvalue weighted by molar-refractivity contribution is 8.00. The van der Waals surface area contributed by atoms with Gasteiger partial charge in [0.2, 0.25) is 11.7 Å². The molecule has 2 aromatic rings. The predicted octanol–water partition coefficient (Wildman–Crippen LogP) is 3.40. The Morgan fingerprint density at radius 3 is 2.54 bits per heavy atom. The van der Waals surface area contributed by atoms with E-state index in [0.29, 0.717) is 5.56 Å². The summed E-state index contributed by atoms with van der Waals surface area (Å²) < 4.78 is 52.2. The van der Waals surface area contributed by atoms with E-state index in [4.69, 9.17) is 0 Å². The van der Waals surface area contributed by atoms with Crippen LogP contribution in [0.25, 0.3) is 0 Å². The van der Waals surface area contributed by atoms with Crippen molar-refractivity contribution in [3.63, 3.8) is 0 Å². The third kappa shape index (κ3) is 4.05. The van der Waals surface area contributed by atoms with Gasteiger partial charge in [-0.15, -0.1) is 10.2 Å². The number of halogens is 4. The summed E-state index contributed by atoms with van der Waals surface area (Å²) in [5, 5.41) is 8.26. The molecule has 0 radical (unpaired) electrons. The third-order valence-corrected chi connectivity index (χ3v) is 4.31. The van der Waals surface area contributed by atoms with Crippen LogP contribution in [0.4, 0.5) is 23.2 Å². The Labute approximate surface area is 139 Å². The lowest BCUT2D eigenvalue weighted by molar-refractivity contribution is -0.147. The van der Waals surface area contributed by atoms with Crippen LogP contribution in [0.2, 0.25) is 0 Å². The summed E-state index contributed by atoms with van der Waals surface area (Å²) in [6, 6.07) is 4.23. The zero-order valence-corrected chi connectivity index (χ0v) is 13.8. The van der Waals surface area contributed by atoms with Crippen molar-refractivity contribution < 1.29 is 22.4 Å². The maximum atomic E-state index is 13.5. The fourth-order valence-corrected chi connectivity index (χ4v) is 2.61. The number of aryl methyl sites for hydroxylation is 1. The van der Waals surface area contributed by atoms with Gasteiger partial charge in [0.05, 0.1) is 5.25 Å². The minimum Gasteiger partial charge on any atom is -0.325 e. The van der Waals surface area contributed by atoms with E-state index in [9.17, 15) is 22.4 Å². The van der Waals surface area contributed by atoms with Crippen LogP contribution in [0.15, 0.2) is 23.4 Å². The molecular weight excluding hydrogens is 348 g/mol. The van der Waals surface area contributed by atoms with Crippen molar-refractivity contribution in [1.29, 1.82) is 0 Å². The van der Waals surface area contributed by atoms with Gasteiger partial charge in [-0.1, -0.05) is 17.8 Å². The predicted molar refractivity (Wildman–Crippen MR) is 81.1 cm³/mol. The SMILES string of the molecule is Cc1ccc(NC(=O)[C@H](C)Sc2nnc(C(F)(F)F)n2C)cc1F. The van der Waals surface area contributed by atoms with Crippen molar-refractivity contribution in [1.82, 2.24) is 14.8 Å². The van der Waals surface area contributed by atoms with Crippen LogP contribution < -0.4 is 5.32 Å². The van der Waals surface area contributed by atoms with Gasteiger partial charge in [0.25, 0.3) is 0 Å². The molecule has 1 N–H and O–H groups in total. The first kappa shape index (κ1) is 18.2. The van der Waals surface area contributed by atoms with Crippen molar-refractivity contribution >= 4 is 23.4 Å². The number of alkyl halides is 3. The van der Waals surface area contributed by atoms with E-state index in [-0.39, 0.29) is 10.8 Å². The van der Waals surface area contributed by atoms with Crippen LogP contribution in [0.3, 0.4) is 0 Å². The number of aromatic nitrogens is 3. The van der Waals surface area contributed by atoms with Crippen LogP contribution >= 0.6 is 11.8 Å². The van der Waals surface area contributed by atoms with Crippen LogP contribution in [0.1, 0.15) is 18.3 Å². The minimum absolute atomic E-state index is 0.0416. The van der Waals surface area contributed by atoms with Gasteiger partial charge < -0.3 is 9.88 Å². The van der Waals surface area contributed by atoms with Gasteiger partial charge in [-0.25, -0.2) is 4.39 Å². The molecule has 1 amide bonds. The molecular formula is C14H14F4N4OS. The van der Waals surface area contributed by atoms with Gasteiger partial charge in [0, 0.05) is 12.7 Å². The molecule has 24 heavy (non-hydrogen) atoms. The maximum Gasteiger partial charge on any atom is 0.451 e. The number of amides is 1. The molecule has 0 saturated heterocycles. The summed E-state index contributed by atoms with van der Waals surface area (Å²) in [6.45, 7) is 3.10. The molecule has 0 aliphatic rings. The minimum atomic E-state index is -4.62. The lowest BCUT2D eigenvalue weighted by atomic mass is 10.2. The van der Waals surface area contributed by atoms with E-state index in [1.165, 1.54) is 32.2 Å². The van der Waals surface area contributed by atoms with E-state index in [2.05, 4.69) is 15.5 Å². The molecule has 130 valence electrons. The van der Waals surface area contributed by atoms with Crippen molar-refractivity contribution in [3.8, 4) is 0 Å². The molecule has 0 spiro atoms. The molecule has 1 atom stereocenters. The standard InChI is InChI=1S/C14H14F4N4OS/c1-7-4-5-9(6-10(7)15)19-11(23)8(2)24-13-21-20-12(22(13)3)14(16,17)18/h4-6,8H,1-3H3,(H,19,23)/t8-/m0/s1. The number of anilines is 1. The van der Waals surface area contributed by atoms with Gasteiger partial charge >= 0.3 is 6.18 Å². The summed E-state index contributed by atoms with van der Waals surface area (Å²) in [5.41, 5.74) is 0.707. The first-order valence-corrected chi connectivity index (χ1v) is 7.68. The molecule has 2 rings (SSSR count). The smallest absolute Gasteiger partial charge is 0.325 e. The Kier molecular flexibility index (Phi) is 5.16. The van der Waals surface area contributed by atoms with Gasteiger partial charge in [-0.05, 0) is 31.5 Å². The van der Waals surface area contributed by atoms with Crippen LogP contribution in [-0.2, 0) is 18.0 Å². The number of carbonyl (C=O) groups excluding carboxylic acids is 1. The summed E-state index contributed by atoms with van der Waals surface area (Å²) in [7, 11) is 1.17. The van der Waals surface area contributed by atoms with Gasteiger partial charge in [0.1, 0.15) is 5.82 Å². The molecule has 0 aliphatic heterocycles. The van der Waals surface area contributed by atoms with Crippen LogP contribution in [-0.4, -0.2) is 25.9 Å². The highest BCUT2D eigenvalue weighted by atomic mass is 32.2. The van der Waals surface area contributed by atoms with Crippen molar-refractivity contribution in [2.24, 2.45) is 7.05 Å². The first-order valence-electron chi connectivity index (χ1n) is 6.80. The van der Waals surface area contributed by atoms with Crippen molar-refractivity contribution in [2.45, 2.75) is 30.4 Å². The summed E-state index contributed by atoms with van der Waals surface area (Å²) in [4.78, 5) is 12.1. The van der Waals surface area contributed by atoms with E-state index >= 15 is 0 Å². The molecule has 1 aromatic carbocycles. The molecule has 1 heterocycles. The second-order valence-corrected chi connectivity index (χ2v) is 6.38. The molecule has 0 saturated carbocycles. The van der Waals surface area contributed by atoms with Crippen molar-refractivity contribution in [3.05, 3.63) is 35.4 Å². The fourth-order valence-electron chi connectivity index (χ4n) is 1.79. The average Bonchev–Trinajstić information content (AvgIpc) is 2.84. The Morgan fingerprint density at radius 1 is 1.33 bits per heavy atom. The summed E-state index contributed by atoms with van der Waals surface area (Å²) in [6.07, 6.45) is -4.62. The number of hydrogen-bond acceptors (Lipinski definition) is 4. The number of benzene rings is 1. The second kappa shape index (κ2) is 6.80. The molecule has 0 bridgehead atoms. The normalized spacial score (nSPS) is 13.0. The Bertz CT molecular complexity index is 760. The Morgan fingerprint density at radius 2 is 2.00 bits per heavy atom. The number of thioether (sulfide) groups is 1. The third-order valence-electron chi connectivity index (χ3n) is 3.18. The first-order chi connectivity index (χ1) is 11.1. The largest absolute Gasteiger partial charge is 0.451 e. The summed E-state index contributed by atoms with van der Waals surface area (Å²) >= 11 is 0.825. The Hall–Kier alpha value is -2.10. The monoisotopic (exact) mass is 362 g/mol. The number of nitrogens with one attached hydrogen (secondary N) is 1. The average molecular weight is 362 g/mol. The maximum absolute atomic E-state index is 13.5. The topological polar surface area (TPSA) is 59.8 Å². The molecule has 1 aromatic heterocycles. The molecule has 0 fully saturated rings. The van der Waals surface area contributed by atoms with Gasteiger partial charge in [-0.2, -0.15) is 13.2 Å². The number of carbonyl (C=O) groups is 1. The van der Waals surface area contributed by atoms with E-state index in [1.54, 1.807) is 6.92 Å². The molecule has 5 nitrogen and oxygen atoms in total. The van der Waals surface area contributed by atoms with Gasteiger partial charge in [-0.3, -0.25) is 4.79 Å². The zero-order chi connectivity index (χ0) is 18.1. The van der Waals surface area contributed by atoms with E-state index < -0.39 is 29.0 Å². The quantitative estimate of drug-likeness (QED) is 0.669. The fraction of sp³-hybridized carbons (Fsp3) is 0.357. The van der Waals surface area contributed by atoms with Crippen LogP contribution in [0.5, 0.6) is 0 Å². The molecule has 0 aliphatic carbocycles. The number of hydrogen-bond donors (Lipinski definition) is 1. The van der Waals surface area contributed by atoms with E-state index in [1.807, 2.05) is 0 Å². The van der Waals surface area contributed by atoms with Crippen LogP contribution in [0, 0.1) is 12.7 Å². The zero-order valence-electron chi connectivity index (χ0n) is 13.0. The van der Waals surface area contributed by atoms with Crippen molar-refractivity contribution in [2.75, 3.05) is 5.32 Å². The lowest BCUT2D eigenvalue weighted by Gasteiger charge is -2.12. The number of nitrogens with zero attached hydrogens (tertiary/aromatic N) is 3. The second-order valence-electron chi connectivity index (χ2n) is 5.08. The molecule has 0 unspecified atom stereocenters. The summed E-state index contributed by atoms with van der Waals surface area (Å²) in [5.74, 6) is -2.09. The number of rotatable bonds is 4. The van der Waals surface area contributed by atoms with Gasteiger partial charge in [0.15, 0.2) is 5.16 Å². The highest BCUT2D eigenvalue weighted by Gasteiger charge is 2.37.